The first-order valence-electron chi connectivity index (χ1n) is 9.64. The third kappa shape index (κ3) is 8.88. The summed E-state index contributed by atoms with van der Waals surface area (Å²) in [5.74, 6) is 1.56. The van der Waals surface area contributed by atoms with Gasteiger partial charge in [0.05, 0.1) is 25.9 Å². The normalized spacial score (nSPS) is 24.1. The molecule has 2 saturated heterocycles. The van der Waals surface area contributed by atoms with Gasteiger partial charge in [-0.2, -0.15) is 0 Å². The zero-order valence-electron chi connectivity index (χ0n) is 16.1. The Morgan fingerprint density at radius 3 is 2.92 bits per heavy atom. The Bertz CT molecular complexity index is 382. The fraction of sp³-hybridized carbons (Fsp3) is 0.944. The second-order valence-corrected chi connectivity index (χ2v) is 7.19. The van der Waals surface area contributed by atoms with Crippen molar-refractivity contribution >= 4 is 29.9 Å². The van der Waals surface area contributed by atoms with Gasteiger partial charge in [0.15, 0.2) is 5.96 Å². The lowest BCUT2D eigenvalue weighted by molar-refractivity contribution is -0.0432. The first kappa shape index (κ1) is 22.9. The van der Waals surface area contributed by atoms with Crippen molar-refractivity contribution in [3.05, 3.63) is 0 Å². The molecule has 0 bridgehead atoms. The molecule has 2 aliphatic rings. The summed E-state index contributed by atoms with van der Waals surface area (Å²) in [6.45, 7) is 13.5. The Labute approximate surface area is 170 Å². The van der Waals surface area contributed by atoms with E-state index < -0.39 is 0 Å². The Morgan fingerprint density at radius 1 is 1.32 bits per heavy atom. The van der Waals surface area contributed by atoms with E-state index in [1.54, 1.807) is 0 Å². The van der Waals surface area contributed by atoms with Crippen molar-refractivity contribution in [2.45, 2.75) is 52.2 Å². The second kappa shape index (κ2) is 13.1. The molecule has 2 aliphatic heterocycles. The van der Waals surface area contributed by atoms with Gasteiger partial charge in [-0.15, -0.1) is 24.0 Å². The maximum atomic E-state index is 5.97. The van der Waals surface area contributed by atoms with Gasteiger partial charge in [0.25, 0.3) is 0 Å². The van der Waals surface area contributed by atoms with Gasteiger partial charge in [0.1, 0.15) is 0 Å². The number of nitrogens with zero attached hydrogens (tertiary/aromatic N) is 2. The van der Waals surface area contributed by atoms with Gasteiger partial charge in [0.2, 0.25) is 0 Å². The minimum absolute atomic E-state index is 0. The second-order valence-electron chi connectivity index (χ2n) is 7.19. The number of hydrogen-bond acceptors (Lipinski definition) is 4. The van der Waals surface area contributed by atoms with Crippen molar-refractivity contribution in [1.82, 2.24) is 15.5 Å². The summed E-state index contributed by atoms with van der Waals surface area (Å²) in [7, 11) is 0. The van der Waals surface area contributed by atoms with Crippen LogP contribution < -0.4 is 10.6 Å². The van der Waals surface area contributed by atoms with Gasteiger partial charge in [0, 0.05) is 32.3 Å². The summed E-state index contributed by atoms with van der Waals surface area (Å²) in [5, 5.41) is 6.63. The summed E-state index contributed by atoms with van der Waals surface area (Å²) in [4.78, 5) is 7.25. The van der Waals surface area contributed by atoms with E-state index in [0.717, 1.165) is 45.2 Å². The zero-order chi connectivity index (χ0) is 17.2. The molecule has 25 heavy (non-hydrogen) atoms. The van der Waals surface area contributed by atoms with Crippen molar-refractivity contribution in [3.8, 4) is 0 Å². The van der Waals surface area contributed by atoms with Crippen LogP contribution in [0.5, 0.6) is 0 Å². The number of morpholine rings is 1. The molecule has 0 saturated carbocycles. The molecule has 148 valence electrons. The molecule has 0 radical (unpaired) electrons. The minimum atomic E-state index is 0. The molecule has 2 rings (SSSR count). The quantitative estimate of drug-likeness (QED) is 0.235. The van der Waals surface area contributed by atoms with Gasteiger partial charge in [-0.3, -0.25) is 9.89 Å². The van der Waals surface area contributed by atoms with E-state index in [4.69, 9.17) is 9.47 Å². The number of nitrogens with one attached hydrogen (secondary N) is 2. The molecule has 6 nitrogen and oxygen atoms in total. The van der Waals surface area contributed by atoms with E-state index >= 15 is 0 Å². The highest BCUT2D eigenvalue weighted by Gasteiger charge is 2.31. The summed E-state index contributed by atoms with van der Waals surface area (Å²) in [6.07, 6.45) is 3.93. The molecule has 0 spiro atoms. The van der Waals surface area contributed by atoms with Crippen molar-refractivity contribution in [1.29, 1.82) is 0 Å². The fourth-order valence-electron chi connectivity index (χ4n) is 3.19. The van der Waals surface area contributed by atoms with E-state index in [1.165, 1.54) is 19.4 Å². The van der Waals surface area contributed by atoms with Crippen LogP contribution in [0.15, 0.2) is 4.99 Å². The molecule has 2 unspecified atom stereocenters. The highest BCUT2D eigenvalue weighted by atomic mass is 127. The Kier molecular flexibility index (Phi) is 12.0. The van der Waals surface area contributed by atoms with Gasteiger partial charge in [-0.1, -0.05) is 13.8 Å². The molecule has 0 aromatic heterocycles. The lowest BCUT2D eigenvalue weighted by atomic mass is 10.1. The van der Waals surface area contributed by atoms with Gasteiger partial charge < -0.3 is 20.1 Å². The Morgan fingerprint density at radius 2 is 2.16 bits per heavy atom. The number of fused-ring (bicyclic) bond motifs is 1. The predicted molar refractivity (Wildman–Crippen MR) is 114 cm³/mol. The number of aliphatic imine (C=N–C) groups is 1. The number of halogens is 1. The maximum Gasteiger partial charge on any atom is 0.191 e. The standard InChI is InChI=1S/C18H36N4O2.HI/c1-4-19-18(20-8-11-23-10-7-15(2)3)21-12-17-13-22-9-5-6-16(22)14-24-17;/h15-17H,4-14H2,1-3H3,(H2,19,20,21);1H. The van der Waals surface area contributed by atoms with E-state index in [1.807, 2.05) is 0 Å². The third-order valence-electron chi connectivity index (χ3n) is 4.64. The molecular weight excluding hydrogens is 431 g/mol. The van der Waals surface area contributed by atoms with Gasteiger partial charge in [-0.25, -0.2) is 0 Å². The monoisotopic (exact) mass is 468 g/mol. The SMILES string of the molecule is CCNC(=NCC1CN2CCCC2CO1)NCCOCCC(C)C.I. The van der Waals surface area contributed by atoms with Crippen molar-refractivity contribution in [2.24, 2.45) is 10.9 Å². The average Bonchev–Trinajstić information content (AvgIpc) is 3.03. The molecule has 2 atom stereocenters. The van der Waals surface area contributed by atoms with Gasteiger partial charge >= 0.3 is 0 Å². The van der Waals surface area contributed by atoms with Crippen molar-refractivity contribution in [2.75, 3.05) is 52.5 Å². The lowest BCUT2D eigenvalue weighted by Crippen LogP contribution is -2.47. The van der Waals surface area contributed by atoms with Crippen LogP contribution in [0.1, 0.15) is 40.0 Å². The third-order valence-corrected chi connectivity index (χ3v) is 4.64. The summed E-state index contributed by atoms with van der Waals surface area (Å²) >= 11 is 0. The van der Waals surface area contributed by atoms with E-state index in [-0.39, 0.29) is 30.1 Å². The number of rotatable bonds is 9. The molecule has 0 amide bonds. The predicted octanol–water partition coefficient (Wildman–Crippen LogP) is 2.09. The highest BCUT2D eigenvalue weighted by molar-refractivity contribution is 14.0. The molecular formula is C18H37IN4O2. The van der Waals surface area contributed by atoms with Crippen LogP contribution in [-0.4, -0.2) is 75.5 Å². The minimum Gasteiger partial charge on any atom is -0.380 e. The topological polar surface area (TPSA) is 58.1 Å². The molecule has 0 aromatic rings. The van der Waals surface area contributed by atoms with Crippen LogP contribution in [-0.2, 0) is 9.47 Å². The van der Waals surface area contributed by atoms with Crippen LogP contribution in [0, 0.1) is 5.92 Å². The van der Waals surface area contributed by atoms with Crippen LogP contribution in [0.4, 0.5) is 0 Å². The Hall–Kier alpha value is -0.120. The molecule has 7 heteroatoms. The van der Waals surface area contributed by atoms with Crippen LogP contribution >= 0.6 is 24.0 Å². The summed E-state index contributed by atoms with van der Waals surface area (Å²) in [5.41, 5.74) is 0. The Balaban J connectivity index is 0.00000312. The number of hydrogen-bond donors (Lipinski definition) is 2. The zero-order valence-corrected chi connectivity index (χ0v) is 18.5. The first-order chi connectivity index (χ1) is 11.7. The maximum absolute atomic E-state index is 5.97. The molecule has 2 fully saturated rings. The van der Waals surface area contributed by atoms with Crippen molar-refractivity contribution < 1.29 is 9.47 Å². The van der Waals surface area contributed by atoms with E-state index in [2.05, 4.69) is 41.3 Å². The van der Waals surface area contributed by atoms with Crippen LogP contribution in [0.2, 0.25) is 0 Å². The van der Waals surface area contributed by atoms with Crippen molar-refractivity contribution in [3.63, 3.8) is 0 Å². The molecule has 0 aromatic carbocycles. The number of guanidine groups is 1. The van der Waals surface area contributed by atoms with Crippen LogP contribution in [0.25, 0.3) is 0 Å². The first-order valence-corrected chi connectivity index (χ1v) is 9.64. The fourth-order valence-corrected chi connectivity index (χ4v) is 3.19. The average molecular weight is 468 g/mol. The molecule has 2 heterocycles. The molecule has 0 aliphatic carbocycles. The van der Waals surface area contributed by atoms with Gasteiger partial charge in [-0.05, 0) is 38.6 Å². The highest BCUT2D eigenvalue weighted by Crippen LogP contribution is 2.22. The summed E-state index contributed by atoms with van der Waals surface area (Å²) < 4.78 is 11.6. The van der Waals surface area contributed by atoms with E-state index in [9.17, 15) is 0 Å². The number of ether oxygens (including phenoxy) is 2. The largest absolute Gasteiger partial charge is 0.380 e. The smallest absolute Gasteiger partial charge is 0.191 e. The van der Waals surface area contributed by atoms with Crippen LogP contribution in [0.3, 0.4) is 0 Å². The van der Waals surface area contributed by atoms with E-state index in [0.29, 0.717) is 25.1 Å². The lowest BCUT2D eigenvalue weighted by Gasteiger charge is -2.34. The molecule has 2 N–H and O–H groups in total. The summed E-state index contributed by atoms with van der Waals surface area (Å²) in [6, 6.07) is 0.652.